The van der Waals surface area contributed by atoms with Gasteiger partial charge in [0.2, 0.25) is 0 Å². The highest BCUT2D eigenvalue weighted by atomic mass is 35.5. The summed E-state index contributed by atoms with van der Waals surface area (Å²) in [6.07, 6.45) is -0.289. The van der Waals surface area contributed by atoms with E-state index in [0.717, 1.165) is 22.2 Å². The number of anilines is 1. The number of thioether (sulfide) groups is 1. The van der Waals surface area contributed by atoms with E-state index in [1.165, 1.54) is 22.7 Å². The minimum atomic E-state index is -4.58. The lowest BCUT2D eigenvalue weighted by atomic mass is 10.0. The third-order valence-corrected chi connectivity index (χ3v) is 6.60. The lowest BCUT2D eigenvalue weighted by Gasteiger charge is -2.26. The van der Waals surface area contributed by atoms with Crippen molar-refractivity contribution in [3.63, 3.8) is 0 Å². The number of alkyl halides is 3. The van der Waals surface area contributed by atoms with E-state index >= 15 is 0 Å². The minimum Gasteiger partial charge on any atom is -0.403 e. The number of nitrogens with zero attached hydrogens (tertiary/aromatic N) is 3. The molecule has 1 aromatic heterocycles. The first kappa shape index (κ1) is 25.7. The number of hydrogen-bond donors (Lipinski definition) is 2. The highest BCUT2D eigenvalue weighted by molar-refractivity contribution is 7.98. The summed E-state index contributed by atoms with van der Waals surface area (Å²) in [5.74, 6) is 6.76. The molecule has 186 valence electrons. The van der Waals surface area contributed by atoms with Crippen molar-refractivity contribution >= 4 is 34.7 Å². The number of halogens is 4. The largest absolute Gasteiger partial charge is 0.434 e. The molecule has 0 unspecified atom stereocenters. The van der Waals surface area contributed by atoms with E-state index in [1.54, 1.807) is 42.1 Å². The van der Waals surface area contributed by atoms with Crippen molar-refractivity contribution < 1.29 is 13.2 Å². The van der Waals surface area contributed by atoms with Gasteiger partial charge in [-0.1, -0.05) is 41.9 Å². The Morgan fingerprint density at radius 3 is 2.36 bits per heavy atom. The van der Waals surface area contributed by atoms with Gasteiger partial charge >= 0.3 is 6.18 Å². The van der Waals surface area contributed by atoms with Crippen LogP contribution < -0.4 is 16.6 Å². The van der Waals surface area contributed by atoms with E-state index in [4.69, 9.17) is 23.2 Å². The summed E-state index contributed by atoms with van der Waals surface area (Å²) in [5.41, 5.74) is 8.72. The molecule has 3 aromatic carbocycles. The van der Waals surface area contributed by atoms with Crippen LogP contribution in [0.1, 0.15) is 17.1 Å². The van der Waals surface area contributed by atoms with Gasteiger partial charge in [-0.05, 0) is 60.7 Å². The molecule has 0 saturated carbocycles. The van der Waals surface area contributed by atoms with Gasteiger partial charge in [-0.2, -0.15) is 13.2 Å². The predicted octanol–water partition coefficient (Wildman–Crippen LogP) is 6.88. The lowest BCUT2D eigenvalue weighted by Crippen LogP contribution is -2.31. The fourth-order valence-electron chi connectivity index (χ4n) is 3.82. The zero-order valence-corrected chi connectivity index (χ0v) is 21.0. The van der Waals surface area contributed by atoms with Crippen molar-refractivity contribution in [2.45, 2.75) is 18.0 Å². The summed E-state index contributed by atoms with van der Waals surface area (Å²) in [7, 11) is 0. The Morgan fingerprint density at radius 1 is 1.06 bits per heavy atom. The van der Waals surface area contributed by atoms with Crippen molar-refractivity contribution in [3.8, 4) is 16.8 Å². The first-order valence-corrected chi connectivity index (χ1v) is 12.4. The summed E-state index contributed by atoms with van der Waals surface area (Å²) < 4.78 is 41.6. The molecule has 4 rings (SSSR count). The van der Waals surface area contributed by atoms with Gasteiger partial charge in [-0.3, -0.25) is 5.01 Å². The fourth-order valence-corrected chi connectivity index (χ4v) is 4.41. The topological polar surface area (TPSA) is 73.1 Å². The molecule has 0 fully saturated rings. The molecule has 4 N–H and O–H groups in total. The molecule has 10 heteroatoms. The molecule has 0 aliphatic carbocycles. The predicted molar refractivity (Wildman–Crippen MR) is 141 cm³/mol. The molecule has 0 atom stereocenters. The van der Waals surface area contributed by atoms with E-state index < -0.39 is 11.9 Å². The van der Waals surface area contributed by atoms with Gasteiger partial charge in [-0.15, -0.1) is 11.8 Å². The Labute approximate surface area is 216 Å². The van der Waals surface area contributed by atoms with E-state index in [1.807, 2.05) is 42.7 Å². The van der Waals surface area contributed by atoms with Crippen LogP contribution in [-0.2, 0) is 6.18 Å². The second kappa shape index (κ2) is 10.3. The van der Waals surface area contributed by atoms with Gasteiger partial charge in [0, 0.05) is 27.9 Å². The maximum absolute atomic E-state index is 13.4. The van der Waals surface area contributed by atoms with Crippen molar-refractivity contribution in [3.05, 3.63) is 101 Å². The number of aromatic nitrogens is 2. The Morgan fingerprint density at radius 2 is 1.75 bits per heavy atom. The van der Waals surface area contributed by atoms with Crippen molar-refractivity contribution in [2.24, 2.45) is 11.6 Å². The first-order valence-electron chi connectivity index (χ1n) is 10.8. The molecule has 0 bridgehead atoms. The van der Waals surface area contributed by atoms with Crippen LogP contribution in [0.2, 0.25) is 5.02 Å². The SMILES string of the molecule is CSc1cccc(-c2ccc(-n3cc(C(F)(F)F)nc3C)c(N(N)/C(=C\N)c3ccc(Cl)cc3)c2)c1. The fraction of sp³-hybridized carbons (Fsp3) is 0.115. The van der Waals surface area contributed by atoms with E-state index in [2.05, 4.69) is 4.98 Å². The van der Waals surface area contributed by atoms with Crippen LogP contribution >= 0.6 is 23.4 Å². The molecule has 5 nitrogen and oxygen atoms in total. The van der Waals surface area contributed by atoms with Crippen LogP contribution in [0.5, 0.6) is 0 Å². The smallest absolute Gasteiger partial charge is 0.403 e. The maximum Gasteiger partial charge on any atom is 0.434 e. The average molecular weight is 530 g/mol. The summed E-state index contributed by atoms with van der Waals surface area (Å²) in [6, 6.07) is 20.3. The number of hydrazine groups is 1. The lowest BCUT2D eigenvalue weighted by molar-refractivity contribution is -0.141. The van der Waals surface area contributed by atoms with Gasteiger partial charge in [-0.25, -0.2) is 10.8 Å². The molecule has 0 amide bonds. The summed E-state index contributed by atoms with van der Waals surface area (Å²) >= 11 is 7.64. The highest BCUT2D eigenvalue weighted by Gasteiger charge is 2.34. The van der Waals surface area contributed by atoms with Gasteiger partial charge in [0.25, 0.3) is 0 Å². The maximum atomic E-state index is 13.4. The number of nitrogens with two attached hydrogens (primary N) is 2. The summed E-state index contributed by atoms with van der Waals surface area (Å²) in [4.78, 5) is 4.79. The number of benzene rings is 3. The molecular formula is C26H23ClF3N5S. The van der Waals surface area contributed by atoms with E-state index in [9.17, 15) is 13.2 Å². The molecule has 0 saturated heterocycles. The summed E-state index contributed by atoms with van der Waals surface area (Å²) in [5, 5.41) is 1.90. The molecule has 36 heavy (non-hydrogen) atoms. The van der Waals surface area contributed by atoms with E-state index in [0.29, 0.717) is 27.7 Å². The number of imidazole rings is 1. The van der Waals surface area contributed by atoms with Gasteiger partial charge in [0.1, 0.15) is 5.82 Å². The molecule has 0 aliphatic rings. The second-order valence-corrected chi connectivity index (χ2v) is 9.22. The minimum absolute atomic E-state index is 0.166. The molecule has 0 radical (unpaired) electrons. The summed E-state index contributed by atoms with van der Waals surface area (Å²) in [6.45, 7) is 1.51. The standard InChI is InChI=1S/C26H23ClF3N5S/c1-16-33-25(26(28,29)30)15-34(16)22-11-8-19(18-4-3-5-21(12-18)36-2)13-23(22)35(32)24(14-31)17-6-9-20(27)10-7-17/h3-15H,31-32H2,1-2H3/b24-14-. The third kappa shape index (κ3) is 5.23. The monoisotopic (exact) mass is 529 g/mol. The third-order valence-electron chi connectivity index (χ3n) is 5.63. The second-order valence-electron chi connectivity index (χ2n) is 7.91. The molecular weight excluding hydrogens is 507 g/mol. The molecule has 4 aromatic rings. The van der Waals surface area contributed by atoms with Gasteiger partial charge < -0.3 is 10.3 Å². The highest BCUT2D eigenvalue weighted by Crippen LogP contribution is 2.36. The van der Waals surface area contributed by atoms with Crippen molar-refractivity contribution in [1.82, 2.24) is 9.55 Å². The van der Waals surface area contributed by atoms with Crippen molar-refractivity contribution in [1.29, 1.82) is 0 Å². The zero-order valence-electron chi connectivity index (χ0n) is 19.4. The van der Waals surface area contributed by atoms with Crippen LogP contribution in [0.15, 0.2) is 84.0 Å². The van der Waals surface area contributed by atoms with Crippen LogP contribution in [0.3, 0.4) is 0 Å². The molecule has 0 aliphatic heterocycles. The van der Waals surface area contributed by atoms with Gasteiger partial charge in [0.05, 0.1) is 17.1 Å². The van der Waals surface area contributed by atoms with E-state index in [-0.39, 0.29) is 5.82 Å². The zero-order chi connectivity index (χ0) is 26.0. The number of rotatable bonds is 6. The average Bonchev–Trinajstić information content (AvgIpc) is 3.27. The Hall–Kier alpha value is -3.40. The Bertz CT molecular complexity index is 1410. The Kier molecular flexibility index (Phi) is 7.35. The van der Waals surface area contributed by atoms with Crippen LogP contribution in [0.4, 0.5) is 18.9 Å². The first-order chi connectivity index (χ1) is 17.1. The normalized spacial score (nSPS) is 12.1. The van der Waals surface area contributed by atoms with Crippen LogP contribution in [-0.4, -0.2) is 15.8 Å². The van der Waals surface area contributed by atoms with Crippen LogP contribution in [0.25, 0.3) is 22.5 Å². The van der Waals surface area contributed by atoms with Crippen LogP contribution in [0, 0.1) is 6.92 Å². The number of aryl methyl sites for hydroxylation is 1. The molecule has 1 heterocycles. The number of hydrogen-bond acceptors (Lipinski definition) is 5. The molecule has 0 spiro atoms. The Balaban J connectivity index is 1.90. The quantitative estimate of drug-likeness (QED) is 0.162. The van der Waals surface area contributed by atoms with Crippen molar-refractivity contribution in [2.75, 3.05) is 11.3 Å². The van der Waals surface area contributed by atoms with Gasteiger partial charge in [0.15, 0.2) is 5.69 Å².